The number of benzene rings is 1. The third-order valence-electron chi connectivity index (χ3n) is 2.37. The molecule has 0 fully saturated rings. The summed E-state index contributed by atoms with van der Waals surface area (Å²) in [6.07, 6.45) is 0.114. The third kappa shape index (κ3) is 2.71. The van der Waals surface area contributed by atoms with Crippen molar-refractivity contribution in [3.63, 3.8) is 0 Å². The van der Waals surface area contributed by atoms with E-state index in [1.165, 1.54) is 27.4 Å². The molecule has 0 amide bonds. The Bertz CT molecular complexity index is 345. The van der Waals surface area contributed by atoms with Crippen molar-refractivity contribution in [2.45, 2.75) is 12.4 Å². The van der Waals surface area contributed by atoms with Crippen LogP contribution in [0.4, 0.5) is 4.39 Å². The number of ether oxygens (including phenoxy) is 3. The van der Waals surface area contributed by atoms with Crippen LogP contribution in [0.3, 0.4) is 0 Å². The highest BCUT2D eigenvalue weighted by molar-refractivity contribution is 6.30. The first-order valence-corrected chi connectivity index (χ1v) is 5.04. The Hall–Kier alpha value is -0.680. The summed E-state index contributed by atoms with van der Waals surface area (Å²) in [5, 5.41) is 0.0645. The molecule has 0 heterocycles. The molecule has 1 rings (SSSR count). The van der Waals surface area contributed by atoms with Crippen molar-refractivity contribution in [2.24, 2.45) is 0 Å². The van der Waals surface area contributed by atoms with Crippen LogP contribution in [0.25, 0.3) is 0 Å². The smallest absolute Gasteiger partial charge is 0.286 e. The summed E-state index contributed by atoms with van der Waals surface area (Å²) >= 11 is 5.67. The van der Waals surface area contributed by atoms with E-state index >= 15 is 0 Å². The first-order chi connectivity index (χ1) is 7.58. The number of hydrogen-bond acceptors (Lipinski definition) is 3. The molecule has 3 nitrogen and oxygen atoms in total. The molecule has 0 saturated carbocycles. The van der Waals surface area contributed by atoms with Crippen LogP contribution in [0.1, 0.15) is 5.56 Å². The Kier molecular flexibility index (Phi) is 4.68. The molecular weight excluding hydrogens is 235 g/mol. The van der Waals surface area contributed by atoms with Gasteiger partial charge < -0.3 is 14.2 Å². The van der Waals surface area contributed by atoms with Crippen molar-refractivity contribution in [1.82, 2.24) is 0 Å². The average molecular weight is 249 g/mol. The van der Waals surface area contributed by atoms with Gasteiger partial charge in [-0.1, -0.05) is 23.7 Å². The molecule has 0 radical (unpaired) electrons. The second-order valence-electron chi connectivity index (χ2n) is 3.19. The van der Waals surface area contributed by atoms with Crippen LogP contribution in [0.2, 0.25) is 5.02 Å². The molecule has 0 saturated heterocycles. The molecule has 90 valence electrons. The predicted molar refractivity (Wildman–Crippen MR) is 58.9 cm³/mol. The molecule has 0 aromatic heterocycles. The van der Waals surface area contributed by atoms with E-state index in [4.69, 9.17) is 25.8 Å². The normalized spacial score (nSPS) is 11.8. The molecular formula is C11H14ClFO3. The van der Waals surface area contributed by atoms with E-state index < -0.39 is 11.8 Å². The van der Waals surface area contributed by atoms with Crippen molar-refractivity contribution < 1.29 is 18.6 Å². The quantitative estimate of drug-likeness (QED) is 0.750. The topological polar surface area (TPSA) is 27.7 Å². The zero-order chi connectivity index (χ0) is 12.2. The maximum atomic E-state index is 13.6. The lowest BCUT2D eigenvalue weighted by Gasteiger charge is -2.28. The van der Waals surface area contributed by atoms with Crippen molar-refractivity contribution >= 4 is 11.6 Å². The summed E-state index contributed by atoms with van der Waals surface area (Å²) in [5.41, 5.74) is 0.373. The van der Waals surface area contributed by atoms with Gasteiger partial charge >= 0.3 is 0 Å². The fraction of sp³-hybridized carbons (Fsp3) is 0.455. The number of halogens is 2. The second-order valence-corrected chi connectivity index (χ2v) is 3.59. The second kappa shape index (κ2) is 5.59. The Morgan fingerprint density at radius 3 is 2.25 bits per heavy atom. The molecule has 0 N–H and O–H groups in total. The molecule has 0 atom stereocenters. The molecule has 1 aromatic carbocycles. The Morgan fingerprint density at radius 1 is 1.19 bits per heavy atom. The van der Waals surface area contributed by atoms with Gasteiger partial charge in [-0.05, 0) is 11.6 Å². The molecule has 1 aromatic rings. The summed E-state index contributed by atoms with van der Waals surface area (Å²) in [6, 6.07) is 4.74. The number of methoxy groups -OCH3 is 3. The molecule has 16 heavy (non-hydrogen) atoms. The highest BCUT2D eigenvalue weighted by Gasteiger charge is 2.31. The standard InChI is InChI=1S/C11H14ClFO3/c1-14-11(15-2,16-3)7-8-5-4-6-9(12)10(8)13/h4-6H,7H2,1-3H3. The van der Waals surface area contributed by atoms with Gasteiger partial charge in [-0.3, -0.25) is 0 Å². The van der Waals surface area contributed by atoms with Crippen LogP contribution in [-0.2, 0) is 20.6 Å². The highest BCUT2D eigenvalue weighted by atomic mass is 35.5. The largest absolute Gasteiger partial charge is 0.331 e. The van der Waals surface area contributed by atoms with Gasteiger partial charge in [0.05, 0.1) is 11.4 Å². The minimum absolute atomic E-state index is 0.0645. The monoisotopic (exact) mass is 248 g/mol. The first kappa shape index (κ1) is 13.4. The van der Waals surface area contributed by atoms with Gasteiger partial charge in [-0.2, -0.15) is 0 Å². The van der Waals surface area contributed by atoms with E-state index in [2.05, 4.69) is 0 Å². The van der Waals surface area contributed by atoms with Crippen molar-refractivity contribution in [2.75, 3.05) is 21.3 Å². The summed E-state index contributed by atoms with van der Waals surface area (Å²) in [4.78, 5) is 0. The predicted octanol–water partition coefficient (Wildman–Crippen LogP) is 2.61. The van der Waals surface area contributed by atoms with Crippen LogP contribution in [0.15, 0.2) is 18.2 Å². The molecule has 0 bridgehead atoms. The number of hydrogen-bond donors (Lipinski definition) is 0. The van der Waals surface area contributed by atoms with Crippen molar-refractivity contribution in [1.29, 1.82) is 0 Å². The van der Waals surface area contributed by atoms with Gasteiger partial charge in [-0.25, -0.2) is 4.39 Å². The zero-order valence-corrected chi connectivity index (χ0v) is 10.2. The maximum Gasteiger partial charge on any atom is 0.286 e. The summed E-state index contributed by atoms with van der Waals surface area (Å²) < 4.78 is 28.9. The van der Waals surface area contributed by atoms with E-state index in [-0.39, 0.29) is 11.4 Å². The summed E-state index contributed by atoms with van der Waals surface area (Å²) in [5.74, 6) is -1.77. The lowest BCUT2D eigenvalue weighted by Crippen LogP contribution is -2.38. The third-order valence-corrected chi connectivity index (χ3v) is 2.66. The molecule has 5 heteroatoms. The van der Waals surface area contributed by atoms with E-state index in [1.807, 2.05) is 0 Å². The van der Waals surface area contributed by atoms with Crippen LogP contribution < -0.4 is 0 Å². The van der Waals surface area contributed by atoms with Crippen LogP contribution in [0.5, 0.6) is 0 Å². The molecule has 0 spiro atoms. The minimum Gasteiger partial charge on any atom is -0.331 e. The zero-order valence-electron chi connectivity index (χ0n) is 9.42. The first-order valence-electron chi connectivity index (χ1n) is 4.67. The molecule has 0 aliphatic carbocycles. The van der Waals surface area contributed by atoms with E-state index in [0.717, 1.165) is 0 Å². The fourth-order valence-corrected chi connectivity index (χ4v) is 1.58. The lowest BCUT2D eigenvalue weighted by atomic mass is 10.1. The van der Waals surface area contributed by atoms with Gasteiger partial charge in [-0.15, -0.1) is 0 Å². The number of rotatable bonds is 5. The maximum absolute atomic E-state index is 13.6. The lowest BCUT2D eigenvalue weighted by molar-refractivity contribution is -0.351. The SMILES string of the molecule is COC(Cc1cccc(Cl)c1F)(OC)OC. The van der Waals surface area contributed by atoms with Crippen LogP contribution in [0, 0.1) is 5.82 Å². The highest BCUT2D eigenvalue weighted by Crippen LogP contribution is 2.24. The van der Waals surface area contributed by atoms with Gasteiger partial charge in [0.25, 0.3) is 5.97 Å². The molecule has 0 aliphatic rings. The van der Waals surface area contributed by atoms with Gasteiger partial charge in [0, 0.05) is 21.3 Å². The Balaban J connectivity index is 2.98. The van der Waals surface area contributed by atoms with Gasteiger partial charge in [0.1, 0.15) is 5.82 Å². The van der Waals surface area contributed by atoms with E-state index in [9.17, 15) is 4.39 Å². The van der Waals surface area contributed by atoms with E-state index in [0.29, 0.717) is 5.56 Å². The van der Waals surface area contributed by atoms with Gasteiger partial charge in [0.15, 0.2) is 0 Å². The summed E-state index contributed by atoms with van der Waals surface area (Å²) in [6.45, 7) is 0. The minimum atomic E-state index is -1.29. The van der Waals surface area contributed by atoms with E-state index in [1.54, 1.807) is 12.1 Å². The average Bonchev–Trinajstić information content (AvgIpc) is 2.32. The van der Waals surface area contributed by atoms with Crippen molar-refractivity contribution in [3.8, 4) is 0 Å². The Labute approximate surface area is 99.1 Å². The summed E-state index contributed by atoms with van der Waals surface area (Å²) in [7, 11) is 4.28. The van der Waals surface area contributed by atoms with Crippen molar-refractivity contribution in [3.05, 3.63) is 34.6 Å². The van der Waals surface area contributed by atoms with Gasteiger partial charge in [0.2, 0.25) is 0 Å². The Morgan fingerprint density at radius 2 is 1.75 bits per heavy atom. The van der Waals surface area contributed by atoms with Crippen LogP contribution in [-0.4, -0.2) is 27.3 Å². The molecule has 0 aliphatic heterocycles. The fourth-order valence-electron chi connectivity index (χ4n) is 1.38. The van der Waals surface area contributed by atoms with Crippen LogP contribution >= 0.6 is 11.6 Å². The molecule has 0 unspecified atom stereocenters.